The molecule has 1 saturated heterocycles. The summed E-state index contributed by atoms with van der Waals surface area (Å²) in [5, 5.41) is 2.95. The highest BCUT2D eigenvalue weighted by atomic mass is 16.2. The molecule has 6 heteroatoms. The number of carbonyl (C=O) groups is 1. The van der Waals surface area contributed by atoms with Crippen LogP contribution in [0.3, 0.4) is 0 Å². The lowest BCUT2D eigenvalue weighted by atomic mass is 9.97. The van der Waals surface area contributed by atoms with Gasteiger partial charge in [0.15, 0.2) is 0 Å². The zero-order valence-electron chi connectivity index (χ0n) is 14.1. The summed E-state index contributed by atoms with van der Waals surface area (Å²) in [6, 6.07) is 0. The molecule has 0 aliphatic carbocycles. The van der Waals surface area contributed by atoms with Crippen molar-refractivity contribution < 1.29 is 4.79 Å². The Morgan fingerprint density at radius 2 is 2.32 bits per heavy atom. The third kappa shape index (κ3) is 4.55. The third-order valence-electron chi connectivity index (χ3n) is 4.22. The van der Waals surface area contributed by atoms with Crippen molar-refractivity contribution in [2.75, 3.05) is 47.3 Å². The normalized spacial score (nSPS) is 18.9. The molecule has 22 heavy (non-hydrogen) atoms. The molecule has 1 fully saturated rings. The van der Waals surface area contributed by atoms with Crippen LogP contribution in [-0.4, -0.2) is 72.6 Å². The summed E-state index contributed by atoms with van der Waals surface area (Å²) in [4.78, 5) is 20.8. The van der Waals surface area contributed by atoms with Gasteiger partial charge in [0.1, 0.15) is 5.82 Å². The number of imidazole rings is 1. The Balaban J connectivity index is 1.96. The van der Waals surface area contributed by atoms with Gasteiger partial charge < -0.3 is 19.7 Å². The molecule has 6 nitrogen and oxygen atoms in total. The first-order chi connectivity index (χ1) is 10.6. The Hall–Kier alpha value is -1.40. The van der Waals surface area contributed by atoms with Crippen molar-refractivity contribution in [1.82, 2.24) is 24.7 Å². The molecule has 1 aromatic rings. The Labute approximate surface area is 133 Å². The second-order valence-electron chi connectivity index (χ2n) is 6.34. The van der Waals surface area contributed by atoms with Crippen LogP contribution in [0.2, 0.25) is 0 Å². The van der Waals surface area contributed by atoms with Gasteiger partial charge in [0.2, 0.25) is 5.91 Å². The van der Waals surface area contributed by atoms with E-state index in [1.54, 1.807) is 0 Å². The van der Waals surface area contributed by atoms with Crippen LogP contribution in [0.5, 0.6) is 0 Å². The zero-order chi connectivity index (χ0) is 15.9. The fourth-order valence-electron chi connectivity index (χ4n) is 3.10. The fourth-order valence-corrected chi connectivity index (χ4v) is 3.10. The van der Waals surface area contributed by atoms with Gasteiger partial charge in [0, 0.05) is 37.9 Å². The van der Waals surface area contributed by atoms with Crippen molar-refractivity contribution in [3.63, 3.8) is 0 Å². The minimum atomic E-state index is 0.193. The van der Waals surface area contributed by atoms with Crippen molar-refractivity contribution in [3.05, 3.63) is 18.2 Å². The molecule has 1 aliphatic rings. The van der Waals surface area contributed by atoms with E-state index in [2.05, 4.69) is 40.1 Å². The van der Waals surface area contributed by atoms with E-state index in [9.17, 15) is 4.79 Å². The molecule has 1 atom stereocenters. The first-order valence-corrected chi connectivity index (χ1v) is 8.20. The molecule has 0 spiro atoms. The van der Waals surface area contributed by atoms with Gasteiger partial charge in [0.05, 0.1) is 6.54 Å². The fraction of sp³-hybridized carbons (Fsp3) is 0.750. The third-order valence-corrected chi connectivity index (χ3v) is 4.22. The van der Waals surface area contributed by atoms with Crippen LogP contribution in [0, 0.1) is 0 Å². The van der Waals surface area contributed by atoms with Gasteiger partial charge in [0.25, 0.3) is 0 Å². The minimum Gasteiger partial charge on any atom is -0.341 e. The Morgan fingerprint density at radius 1 is 1.50 bits per heavy atom. The molecule has 0 bridgehead atoms. The monoisotopic (exact) mass is 307 g/mol. The van der Waals surface area contributed by atoms with E-state index in [1.807, 2.05) is 18.1 Å². The highest BCUT2D eigenvalue weighted by molar-refractivity contribution is 5.78. The van der Waals surface area contributed by atoms with Crippen molar-refractivity contribution in [2.24, 2.45) is 0 Å². The molecule has 0 aromatic carbocycles. The van der Waals surface area contributed by atoms with E-state index in [0.29, 0.717) is 12.5 Å². The smallest absolute Gasteiger partial charge is 0.236 e. The van der Waals surface area contributed by atoms with Crippen LogP contribution in [0.4, 0.5) is 0 Å². The SMILES string of the molecule is CNCC(=O)N1CCCC(c2nccn2CCCN(C)C)C1. The Morgan fingerprint density at radius 3 is 3.05 bits per heavy atom. The number of amides is 1. The van der Waals surface area contributed by atoms with Crippen LogP contribution in [0.1, 0.15) is 31.0 Å². The predicted octanol–water partition coefficient (Wildman–Crippen LogP) is 0.760. The van der Waals surface area contributed by atoms with E-state index in [0.717, 1.165) is 51.3 Å². The number of likely N-dealkylation sites (N-methyl/N-ethyl adjacent to an activating group) is 1. The number of nitrogens with one attached hydrogen (secondary N) is 1. The molecule has 2 rings (SSSR count). The molecule has 1 aromatic heterocycles. The molecule has 1 unspecified atom stereocenters. The van der Waals surface area contributed by atoms with E-state index in [1.165, 1.54) is 0 Å². The van der Waals surface area contributed by atoms with Crippen LogP contribution in [-0.2, 0) is 11.3 Å². The summed E-state index contributed by atoms with van der Waals surface area (Å²) in [5.74, 6) is 1.70. The molecular formula is C16H29N5O. The van der Waals surface area contributed by atoms with Crippen molar-refractivity contribution in [3.8, 4) is 0 Å². The largest absolute Gasteiger partial charge is 0.341 e. The molecule has 0 radical (unpaired) electrons. The van der Waals surface area contributed by atoms with Gasteiger partial charge >= 0.3 is 0 Å². The molecule has 1 N–H and O–H groups in total. The first-order valence-electron chi connectivity index (χ1n) is 8.20. The lowest BCUT2D eigenvalue weighted by molar-refractivity contribution is -0.131. The Bertz CT molecular complexity index is 471. The number of nitrogens with zero attached hydrogens (tertiary/aromatic N) is 4. The maximum absolute atomic E-state index is 12.1. The summed E-state index contributed by atoms with van der Waals surface area (Å²) in [6.45, 7) is 4.16. The number of hydrogen-bond donors (Lipinski definition) is 1. The van der Waals surface area contributed by atoms with E-state index in [-0.39, 0.29) is 5.91 Å². The minimum absolute atomic E-state index is 0.193. The predicted molar refractivity (Wildman–Crippen MR) is 87.9 cm³/mol. The summed E-state index contributed by atoms with van der Waals surface area (Å²) < 4.78 is 2.26. The number of carbonyl (C=O) groups excluding carboxylic acids is 1. The van der Waals surface area contributed by atoms with Crippen LogP contribution in [0.25, 0.3) is 0 Å². The second kappa shape index (κ2) is 8.29. The van der Waals surface area contributed by atoms with E-state index >= 15 is 0 Å². The molecule has 2 heterocycles. The summed E-state index contributed by atoms with van der Waals surface area (Å²) >= 11 is 0. The number of piperidine rings is 1. The molecule has 1 amide bonds. The van der Waals surface area contributed by atoms with Crippen LogP contribution in [0.15, 0.2) is 12.4 Å². The zero-order valence-corrected chi connectivity index (χ0v) is 14.1. The lowest BCUT2D eigenvalue weighted by Crippen LogP contribution is -2.43. The summed E-state index contributed by atoms with van der Waals surface area (Å²) in [6.07, 6.45) is 7.25. The second-order valence-corrected chi connectivity index (χ2v) is 6.34. The first kappa shape index (κ1) is 17.0. The maximum atomic E-state index is 12.1. The topological polar surface area (TPSA) is 53.4 Å². The number of likely N-dealkylation sites (tertiary alicyclic amines) is 1. The summed E-state index contributed by atoms with van der Waals surface area (Å²) in [7, 11) is 6.01. The van der Waals surface area contributed by atoms with Gasteiger partial charge in [-0.3, -0.25) is 4.79 Å². The van der Waals surface area contributed by atoms with Gasteiger partial charge in [-0.15, -0.1) is 0 Å². The lowest BCUT2D eigenvalue weighted by Gasteiger charge is -2.32. The van der Waals surface area contributed by atoms with Crippen molar-refractivity contribution in [2.45, 2.75) is 31.7 Å². The number of rotatable bonds is 7. The van der Waals surface area contributed by atoms with Crippen molar-refractivity contribution in [1.29, 1.82) is 0 Å². The number of aryl methyl sites for hydroxylation is 1. The van der Waals surface area contributed by atoms with Crippen LogP contribution >= 0.6 is 0 Å². The van der Waals surface area contributed by atoms with Gasteiger partial charge in [-0.2, -0.15) is 0 Å². The molecular weight excluding hydrogens is 278 g/mol. The standard InChI is InChI=1S/C16H29N5O/c1-17-12-15(22)21-9-4-6-14(13-21)16-18-7-11-20(16)10-5-8-19(2)3/h7,11,14,17H,4-6,8-10,12-13H2,1-3H3. The average molecular weight is 307 g/mol. The highest BCUT2D eigenvalue weighted by Crippen LogP contribution is 2.26. The quantitative estimate of drug-likeness (QED) is 0.808. The van der Waals surface area contributed by atoms with E-state index in [4.69, 9.17) is 0 Å². The van der Waals surface area contributed by atoms with Gasteiger partial charge in [-0.05, 0) is 47.0 Å². The highest BCUT2D eigenvalue weighted by Gasteiger charge is 2.26. The van der Waals surface area contributed by atoms with Crippen LogP contribution < -0.4 is 5.32 Å². The number of aromatic nitrogens is 2. The maximum Gasteiger partial charge on any atom is 0.236 e. The van der Waals surface area contributed by atoms with Crippen molar-refractivity contribution >= 4 is 5.91 Å². The molecule has 0 saturated carbocycles. The average Bonchev–Trinajstić information content (AvgIpc) is 2.96. The molecule has 1 aliphatic heterocycles. The number of hydrogen-bond acceptors (Lipinski definition) is 4. The summed E-state index contributed by atoms with van der Waals surface area (Å²) in [5.41, 5.74) is 0. The molecule has 124 valence electrons. The Kier molecular flexibility index (Phi) is 6.39. The van der Waals surface area contributed by atoms with Gasteiger partial charge in [-0.25, -0.2) is 4.98 Å². The van der Waals surface area contributed by atoms with E-state index < -0.39 is 0 Å². The van der Waals surface area contributed by atoms with Gasteiger partial charge in [-0.1, -0.05) is 0 Å².